The fourth-order valence-corrected chi connectivity index (χ4v) is 1.31. The normalized spacial score (nSPS) is 10.2. The van der Waals surface area contributed by atoms with E-state index in [0.29, 0.717) is 6.42 Å². The second-order valence-corrected chi connectivity index (χ2v) is 2.79. The number of nitriles is 1. The average Bonchev–Trinajstić information content (AvgIpc) is 2.46. The van der Waals surface area contributed by atoms with E-state index in [-0.39, 0.29) is 0 Å². The van der Waals surface area contributed by atoms with Gasteiger partial charge in [-0.15, -0.1) is 0 Å². The van der Waals surface area contributed by atoms with Crippen LogP contribution in [0, 0.1) is 11.3 Å². The summed E-state index contributed by atoms with van der Waals surface area (Å²) in [7, 11) is 1.89. The molecule has 0 saturated carbocycles. The lowest BCUT2D eigenvalue weighted by atomic mass is 10.4. The van der Waals surface area contributed by atoms with Crippen LogP contribution in [0.2, 0.25) is 0 Å². The molecule has 64 valence electrons. The predicted octanol–water partition coefficient (Wildman–Crippen LogP) is 1.03. The smallest absolute Gasteiger partial charge is 0.123 e. The molecule has 0 aromatic carbocycles. The molecule has 0 aliphatic heterocycles. The molecule has 2 aromatic rings. The van der Waals surface area contributed by atoms with E-state index in [1.54, 1.807) is 12.4 Å². The third-order valence-electron chi connectivity index (χ3n) is 2.01. The second-order valence-electron chi connectivity index (χ2n) is 2.79. The molecule has 0 bridgehead atoms. The van der Waals surface area contributed by atoms with Crippen LogP contribution >= 0.6 is 0 Å². The quantitative estimate of drug-likeness (QED) is 0.645. The topological polar surface area (TPSA) is 54.5 Å². The Labute approximate surface area is 75.5 Å². The van der Waals surface area contributed by atoms with Gasteiger partial charge in [0.05, 0.1) is 29.7 Å². The summed E-state index contributed by atoms with van der Waals surface area (Å²) in [6, 6.07) is 3.93. The highest BCUT2D eigenvalue weighted by atomic mass is 15.1. The van der Waals surface area contributed by atoms with E-state index in [1.807, 2.05) is 17.7 Å². The summed E-state index contributed by atoms with van der Waals surface area (Å²) in [5, 5.41) is 8.55. The number of pyridine rings is 1. The van der Waals surface area contributed by atoms with Gasteiger partial charge < -0.3 is 4.57 Å². The van der Waals surface area contributed by atoms with E-state index in [0.717, 1.165) is 16.9 Å². The van der Waals surface area contributed by atoms with E-state index < -0.39 is 0 Å². The Hall–Kier alpha value is -1.89. The van der Waals surface area contributed by atoms with Crippen molar-refractivity contribution in [3.8, 4) is 6.07 Å². The van der Waals surface area contributed by atoms with Crippen molar-refractivity contribution >= 4 is 11.0 Å². The Bertz CT molecular complexity index is 478. The maximum Gasteiger partial charge on any atom is 0.123 e. The third-order valence-corrected chi connectivity index (χ3v) is 2.01. The summed E-state index contributed by atoms with van der Waals surface area (Å²) in [5.74, 6) is 0.783. The van der Waals surface area contributed by atoms with Gasteiger partial charge in [0, 0.05) is 13.2 Å². The zero-order valence-corrected chi connectivity index (χ0v) is 7.23. The number of aromatic nitrogens is 3. The molecular formula is C9H8N4. The Morgan fingerprint density at radius 2 is 2.46 bits per heavy atom. The Morgan fingerprint density at radius 1 is 1.62 bits per heavy atom. The van der Waals surface area contributed by atoms with E-state index >= 15 is 0 Å². The van der Waals surface area contributed by atoms with Crippen molar-refractivity contribution < 1.29 is 0 Å². The van der Waals surface area contributed by atoms with Crippen molar-refractivity contribution in [3.05, 3.63) is 24.3 Å². The van der Waals surface area contributed by atoms with Gasteiger partial charge in [0.15, 0.2) is 0 Å². The van der Waals surface area contributed by atoms with Crippen molar-refractivity contribution in [2.24, 2.45) is 7.05 Å². The first-order chi connectivity index (χ1) is 6.33. The SMILES string of the molecule is Cn1c(CC#N)nc2ccncc21. The predicted molar refractivity (Wildman–Crippen MR) is 47.8 cm³/mol. The third kappa shape index (κ3) is 1.14. The maximum atomic E-state index is 8.55. The molecule has 2 rings (SSSR count). The van der Waals surface area contributed by atoms with E-state index in [2.05, 4.69) is 16.0 Å². The number of nitrogens with zero attached hydrogens (tertiary/aromatic N) is 4. The van der Waals surface area contributed by atoms with Crippen LogP contribution in [0.1, 0.15) is 5.82 Å². The fraction of sp³-hybridized carbons (Fsp3) is 0.222. The number of imidazole rings is 1. The van der Waals surface area contributed by atoms with Gasteiger partial charge in [0.25, 0.3) is 0 Å². The molecule has 0 saturated heterocycles. The minimum absolute atomic E-state index is 0.338. The first-order valence-corrected chi connectivity index (χ1v) is 3.95. The van der Waals surface area contributed by atoms with Crippen molar-refractivity contribution in [3.63, 3.8) is 0 Å². The Morgan fingerprint density at radius 3 is 3.15 bits per heavy atom. The highest BCUT2D eigenvalue weighted by Crippen LogP contribution is 2.12. The minimum atomic E-state index is 0.338. The minimum Gasteiger partial charge on any atom is -0.329 e. The Kier molecular flexibility index (Phi) is 1.71. The van der Waals surface area contributed by atoms with Gasteiger partial charge in [-0.1, -0.05) is 0 Å². The Balaban J connectivity index is 2.68. The number of fused-ring (bicyclic) bond motifs is 1. The van der Waals surface area contributed by atoms with Gasteiger partial charge in [0.2, 0.25) is 0 Å². The van der Waals surface area contributed by atoms with E-state index in [1.165, 1.54) is 0 Å². The van der Waals surface area contributed by atoms with Gasteiger partial charge in [-0.05, 0) is 6.07 Å². The highest BCUT2D eigenvalue weighted by Gasteiger charge is 2.05. The van der Waals surface area contributed by atoms with Crippen LogP contribution in [0.3, 0.4) is 0 Å². The standard InChI is InChI=1S/C9H8N4/c1-13-8-6-11-5-3-7(8)12-9(13)2-4-10/h3,5-6H,2H2,1H3. The van der Waals surface area contributed by atoms with Crippen LogP contribution in [0.15, 0.2) is 18.5 Å². The zero-order valence-electron chi connectivity index (χ0n) is 7.23. The van der Waals surface area contributed by atoms with Crippen LogP contribution < -0.4 is 0 Å². The van der Waals surface area contributed by atoms with Crippen molar-refractivity contribution in [2.45, 2.75) is 6.42 Å². The van der Waals surface area contributed by atoms with Crippen molar-refractivity contribution in [2.75, 3.05) is 0 Å². The first kappa shape index (κ1) is 7.74. The number of aryl methyl sites for hydroxylation is 1. The molecule has 2 aromatic heterocycles. The second kappa shape index (κ2) is 2.87. The molecule has 0 radical (unpaired) electrons. The number of hydrogen-bond donors (Lipinski definition) is 0. The van der Waals surface area contributed by atoms with Crippen LogP contribution in [-0.2, 0) is 13.5 Å². The molecule has 2 heterocycles. The summed E-state index contributed by atoms with van der Waals surface area (Å²) in [5.41, 5.74) is 1.86. The molecule has 0 fully saturated rings. The van der Waals surface area contributed by atoms with Gasteiger partial charge in [-0.3, -0.25) is 4.98 Å². The molecule has 4 nitrogen and oxygen atoms in total. The molecule has 4 heteroatoms. The monoisotopic (exact) mass is 172 g/mol. The van der Waals surface area contributed by atoms with Gasteiger partial charge >= 0.3 is 0 Å². The zero-order chi connectivity index (χ0) is 9.26. The lowest BCUT2D eigenvalue weighted by Crippen LogP contribution is -1.95. The summed E-state index contributed by atoms with van der Waals surface area (Å²) < 4.78 is 1.89. The molecule has 0 aliphatic carbocycles. The van der Waals surface area contributed by atoms with Crippen molar-refractivity contribution in [1.29, 1.82) is 5.26 Å². The molecule has 0 spiro atoms. The van der Waals surface area contributed by atoms with Crippen LogP contribution in [-0.4, -0.2) is 14.5 Å². The summed E-state index contributed by atoms with van der Waals surface area (Å²) >= 11 is 0. The van der Waals surface area contributed by atoms with Crippen molar-refractivity contribution in [1.82, 2.24) is 14.5 Å². The van der Waals surface area contributed by atoms with Gasteiger partial charge in [-0.25, -0.2) is 4.98 Å². The van der Waals surface area contributed by atoms with Gasteiger partial charge in [0.1, 0.15) is 5.82 Å². The number of hydrogen-bond acceptors (Lipinski definition) is 3. The molecule has 0 N–H and O–H groups in total. The van der Waals surface area contributed by atoms with Crippen LogP contribution in [0.4, 0.5) is 0 Å². The van der Waals surface area contributed by atoms with E-state index in [4.69, 9.17) is 5.26 Å². The summed E-state index contributed by atoms with van der Waals surface area (Å²) in [4.78, 5) is 8.31. The maximum absolute atomic E-state index is 8.55. The fourth-order valence-electron chi connectivity index (χ4n) is 1.31. The molecule has 0 unspecified atom stereocenters. The lowest BCUT2D eigenvalue weighted by molar-refractivity contribution is 0.856. The highest BCUT2D eigenvalue weighted by molar-refractivity contribution is 5.74. The average molecular weight is 172 g/mol. The molecular weight excluding hydrogens is 164 g/mol. The molecule has 13 heavy (non-hydrogen) atoms. The van der Waals surface area contributed by atoms with Crippen LogP contribution in [0.5, 0.6) is 0 Å². The number of rotatable bonds is 1. The van der Waals surface area contributed by atoms with E-state index in [9.17, 15) is 0 Å². The molecule has 0 atom stereocenters. The summed E-state index contributed by atoms with van der Waals surface area (Å²) in [6.07, 6.45) is 3.79. The largest absolute Gasteiger partial charge is 0.329 e. The first-order valence-electron chi connectivity index (χ1n) is 3.95. The lowest BCUT2D eigenvalue weighted by Gasteiger charge is -1.95. The summed E-state index contributed by atoms with van der Waals surface area (Å²) in [6.45, 7) is 0. The molecule has 0 aliphatic rings. The van der Waals surface area contributed by atoms with Crippen LogP contribution in [0.25, 0.3) is 11.0 Å². The van der Waals surface area contributed by atoms with Gasteiger partial charge in [-0.2, -0.15) is 5.26 Å². The molecule has 0 amide bonds.